The molecule has 2 heterocycles. The Morgan fingerprint density at radius 1 is 1.07 bits per heavy atom. The zero-order valence-electron chi connectivity index (χ0n) is 14.8. The van der Waals surface area contributed by atoms with Crippen molar-refractivity contribution in [1.29, 1.82) is 0 Å². The molecule has 0 saturated carbocycles. The lowest BCUT2D eigenvalue weighted by atomic mass is 10.1. The van der Waals surface area contributed by atoms with Gasteiger partial charge < -0.3 is 19.8 Å². The van der Waals surface area contributed by atoms with E-state index in [0.29, 0.717) is 18.8 Å². The molecule has 0 aliphatic carbocycles. The summed E-state index contributed by atoms with van der Waals surface area (Å²) < 4.78 is 23.7. The normalized spacial score (nSPS) is 15.9. The first-order valence-electron chi connectivity index (χ1n) is 8.79. The number of hydrogen-bond donors (Lipinski definition) is 2. The van der Waals surface area contributed by atoms with Gasteiger partial charge in [-0.25, -0.2) is 4.39 Å². The highest BCUT2D eigenvalue weighted by atomic mass is 19.1. The van der Waals surface area contributed by atoms with Crippen LogP contribution < -0.4 is 10.6 Å². The summed E-state index contributed by atoms with van der Waals surface area (Å²) in [6.45, 7) is 3.07. The second-order valence-electron chi connectivity index (χ2n) is 6.20. The van der Waals surface area contributed by atoms with E-state index in [2.05, 4.69) is 15.5 Å². The molecule has 0 radical (unpaired) electrons. The van der Waals surface area contributed by atoms with Crippen molar-refractivity contribution in [2.75, 3.05) is 32.8 Å². The fraction of sp³-hybridized carbons (Fsp3) is 0.368. The standard InChI is InChI=1S/C19H22FN3O4/c20-15-5-3-14(4-6-15)12-21-18(24)19(25)22-13-16(17-2-1-9-27-17)23-7-10-26-11-8-23/h1-6,9,16H,7-8,10-13H2,(H,21,24)(H,22,25)/t16-/m0/s1. The molecule has 7 nitrogen and oxygen atoms in total. The minimum atomic E-state index is -0.737. The van der Waals surface area contributed by atoms with Crippen LogP contribution in [0.4, 0.5) is 4.39 Å². The first-order valence-corrected chi connectivity index (χ1v) is 8.79. The van der Waals surface area contributed by atoms with Crippen molar-refractivity contribution >= 4 is 11.8 Å². The molecule has 1 atom stereocenters. The third kappa shape index (κ3) is 5.38. The number of benzene rings is 1. The topological polar surface area (TPSA) is 83.8 Å². The monoisotopic (exact) mass is 375 g/mol. The second kappa shape index (κ2) is 9.29. The van der Waals surface area contributed by atoms with Crippen LogP contribution >= 0.6 is 0 Å². The Balaban J connectivity index is 1.52. The van der Waals surface area contributed by atoms with Crippen molar-refractivity contribution in [2.45, 2.75) is 12.6 Å². The quantitative estimate of drug-likeness (QED) is 0.742. The zero-order chi connectivity index (χ0) is 19.1. The highest BCUT2D eigenvalue weighted by Gasteiger charge is 2.26. The lowest BCUT2D eigenvalue weighted by Crippen LogP contribution is -2.46. The highest BCUT2D eigenvalue weighted by molar-refractivity contribution is 6.35. The number of ether oxygens (including phenoxy) is 1. The van der Waals surface area contributed by atoms with Gasteiger partial charge in [-0.1, -0.05) is 12.1 Å². The molecule has 2 aromatic rings. The molecule has 0 spiro atoms. The average Bonchev–Trinajstić information content (AvgIpc) is 3.22. The predicted octanol–water partition coefficient (Wildman–Crippen LogP) is 1.22. The third-order valence-corrected chi connectivity index (χ3v) is 4.39. The van der Waals surface area contributed by atoms with Crippen molar-refractivity contribution in [1.82, 2.24) is 15.5 Å². The number of morpholine rings is 1. The maximum atomic E-state index is 12.9. The summed E-state index contributed by atoms with van der Waals surface area (Å²) in [7, 11) is 0. The molecule has 27 heavy (non-hydrogen) atoms. The molecule has 1 aliphatic rings. The SMILES string of the molecule is O=C(NCc1ccc(F)cc1)C(=O)NC[C@@H](c1ccco1)N1CCOCC1. The first-order chi connectivity index (χ1) is 13.1. The van der Waals surface area contributed by atoms with Gasteiger partial charge in [0.2, 0.25) is 0 Å². The average molecular weight is 375 g/mol. The summed E-state index contributed by atoms with van der Waals surface area (Å²) in [6, 6.07) is 9.19. The van der Waals surface area contributed by atoms with Crippen molar-refractivity contribution in [2.24, 2.45) is 0 Å². The minimum absolute atomic E-state index is 0.150. The molecule has 2 amide bonds. The summed E-state index contributed by atoms with van der Waals surface area (Å²) in [5.41, 5.74) is 0.708. The van der Waals surface area contributed by atoms with Crippen LogP contribution in [0.5, 0.6) is 0 Å². The van der Waals surface area contributed by atoms with E-state index >= 15 is 0 Å². The van der Waals surface area contributed by atoms with Gasteiger partial charge in [0, 0.05) is 26.2 Å². The van der Waals surface area contributed by atoms with Crippen LogP contribution in [-0.2, 0) is 20.9 Å². The molecule has 3 rings (SSSR count). The molecule has 1 aliphatic heterocycles. The van der Waals surface area contributed by atoms with Gasteiger partial charge in [-0.05, 0) is 29.8 Å². The molecule has 2 N–H and O–H groups in total. The molecular weight excluding hydrogens is 353 g/mol. The second-order valence-corrected chi connectivity index (χ2v) is 6.20. The van der Waals surface area contributed by atoms with Crippen LogP contribution in [0.2, 0.25) is 0 Å². The van der Waals surface area contributed by atoms with Crippen LogP contribution in [0.1, 0.15) is 17.4 Å². The number of amides is 2. The van der Waals surface area contributed by atoms with Crippen molar-refractivity contribution in [3.05, 3.63) is 59.8 Å². The molecular formula is C19H22FN3O4. The Bertz CT molecular complexity index is 743. The van der Waals surface area contributed by atoms with Crippen LogP contribution in [0.15, 0.2) is 47.1 Å². The maximum Gasteiger partial charge on any atom is 0.309 e. The van der Waals surface area contributed by atoms with Gasteiger partial charge in [0.15, 0.2) is 0 Å². The number of halogens is 1. The van der Waals surface area contributed by atoms with Gasteiger partial charge in [0.25, 0.3) is 0 Å². The summed E-state index contributed by atoms with van der Waals surface area (Å²) >= 11 is 0. The van der Waals surface area contributed by atoms with E-state index in [4.69, 9.17) is 9.15 Å². The Morgan fingerprint density at radius 3 is 2.44 bits per heavy atom. The molecule has 1 saturated heterocycles. The molecule has 8 heteroatoms. The van der Waals surface area contributed by atoms with Gasteiger partial charge in [-0.3, -0.25) is 14.5 Å². The fourth-order valence-electron chi connectivity index (χ4n) is 2.91. The largest absolute Gasteiger partial charge is 0.468 e. The Labute approximate surface area is 156 Å². The van der Waals surface area contributed by atoms with Gasteiger partial charge in [0.05, 0.1) is 25.5 Å². The van der Waals surface area contributed by atoms with Crippen LogP contribution in [-0.4, -0.2) is 49.6 Å². The van der Waals surface area contributed by atoms with E-state index in [1.807, 2.05) is 6.07 Å². The van der Waals surface area contributed by atoms with Gasteiger partial charge in [-0.15, -0.1) is 0 Å². The van der Waals surface area contributed by atoms with E-state index in [1.165, 1.54) is 12.1 Å². The lowest BCUT2D eigenvalue weighted by molar-refractivity contribution is -0.139. The third-order valence-electron chi connectivity index (χ3n) is 4.39. The maximum absolute atomic E-state index is 12.9. The molecule has 1 aromatic carbocycles. The number of hydrogen-bond acceptors (Lipinski definition) is 5. The van der Waals surface area contributed by atoms with E-state index < -0.39 is 11.8 Å². The lowest BCUT2D eigenvalue weighted by Gasteiger charge is -2.33. The number of furan rings is 1. The first kappa shape index (κ1) is 19.1. The number of rotatable bonds is 6. The Morgan fingerprint density at radius 2 is 1.78 bits per heavy atom. The molecule has 1 fully saturated rings. The van der Waals surface area contributed by atoms with Crippen molar-refractivity contribution in [3.8, 4) is 0 Å². The number of nitrogens with zero attached hydrogens (tertiary/aromatic N) is 1. The molecule has 144 valence electrons. The van der Waals surface area contributed by atoms with E-state index in [9.17, 15) is 14.0 Å². The van der Waals surface area contributed by atoms with Gasteiger partial charge in [0.1, 0.15) is 11.6 Å². The molecule has 0 bridgehead atoms. The Hall–Kier alpha value is -2.71. The van der Waals surface area contributed by atoms with Crippen molar-refractivity contribution in [3.63, 3.8) is 0 Å². The van der Waals surface area contributed by atoms with Gasteiger partial charge >= 0.3 is 11.8 Å². The Kier molecular flexibility index (Phi) is 6.56. The van der Waals surface area contributed by atoms with Crippen LogP contribution in [0.25, 0.3) is 0 Å². The van der Waals surface area contributed by atoms with E-state index in [0.717, 1.165) is 18.8 Å². The van der Waals surface area contributed by atoms with Crippen LogP contribution in [0, 0.1) is 5.82 Å². The number of carbonyl (C=O) groups is 2. The van der Waals surface area contributed by atoms with E-state index in [1.54, 1.807) is 24.5 Å². The van der Waals surface area contributed by atoms with Gasteiger partial charge in [-0.2, -0.15) is 0 Å². The fourth-order valence-corrected chi connectivity index (χ4v) is 2.91. The molecule has 1 aromatic heterocycles. The van der Waals surface area contributed by atoms with Crippen LogP contribution in [0.3, 0.4) is 0 Å². The minimum Gasteiger partial charge on any atom is -0.468 e. The van der Waals surface area contributed by atoms with E-state index in [-0.39, 0.29) is 24.9 Å². The molecule has 0 unspecified atom stereocenters. The van der Waals surface area contributed by atoms with Crippen molar-refractivity contribution < 1.29 is 23.1 Å². The summed E-state index contributed by atoms with van der Waals surface area (Å²) in [4.78, 5) is 26.3. The predicted molar refractivity (Wildman–Crippen MR) is 95.1 cm³/mol. The summed E-state index contributed by atoms with van der Waals surface area (Å²) in [6.07, 6.45) is 1.58. The summed E-state index contributed by atoms with van der Waals surface area (Å²) in [5.74, 6) is -1.08. The smallest absolute Gasteiger partial charge is 0.309 e. The zero-order valence-corrected chi connectivity index (χ0v) is 14.8. The highest BCUT2D eigenvalue weighted by Crippen LogP contribution is 2.21. The number of nitrogens with one attached hydrogen (secondary N) is 2. The number of carbonyl (C=O) groups excluding carboxylic acids is 2. The summed E-state index contributed by atoms with van der Waals surface area (Å²) in [5, 5.41) is 5.19.